The number of anilines is 1. The van der Waals surface area contributed by atoms with Gasteiger partial charge in [0.05, 0.1) is 18.2 Å². The molecule has 0 saturated heterocycles. The van der Waals surface area contributed by atoms with Crippen LogP contribution in [0, 0.1) is 5.92 Å². The molecule has 2 aromatic rings. The van der Waals surface area contributed by atoms with Crippen molar-refractivity contribution in [3.05, 3.63) is 47.5 Å². The maximum atomic E-state index is 13.7. The second kappa shape index (κ2) is 13.0. The average Bonchev–Trinajstić information content (AvgIpc) is 3.43. The molecule has 10 heteroatoms. The van der Waals surface area contributed by atoms with Crippen molar-refractivity contribution in [1.29, 1.82) is 0 Å². The summed E-state index contributed by atoms with van der Waals surface area (Å²) in [5, 5.41) is 15.9. The smallest absolute Gasteiger partial charge is 0.319 e. The number of ether oxygens (including phenoxy) is 3. The maximum Gasteiger partial charge on any atom is 0.319 e. The van der Waals surface area contributed by atoms with E-state index < -0.39 is 0 Å². The highest BCUT2D eigenvalue weighted by molar-refractivity contribution is 5.99. The van der Waals surface area contributed by atoms with E-state index in [0.717, 1.165) is 42.7 Å². The van der Waals surface area contributed by atoms with Gasteiger partial charge in [-0.3, -0.25) is 9.69 Å². The van der Waals surface area contributed by atoms with Crippen LogP contribution in [0.1, 0.15) is 61.9 Å². The lowest BCUT2D eigenvalue weighted by Crippen LogP contribution is -2.49. The molecule has 0 aromatic heterocycles. The third-order valence-electron chi connectivity index (χ3n) is 8.24. The number of carbonyl (C=O) groups is 2. The SMILES string of the molecule is C[C@H]1CN([C@@H](C)CO)C(=O)c2cc(NC(=O)NC3CCCCC3)ccc2O[C@@H]1CN(C)Cc1ccc2c(c1)OCO2. The third kappa shape index (κ3) is 7.05. The Labute approximate surface area is 241 Å². The second-order valence-electron chi connectivity index (χ2n) is 11.7. The molecule has 1 saturated carbocycles. The van der Waals surface area contributed by atoms with Gasteiger partial charge in [-0.15, -0.1) is 0 Å². The molecule has 3 amide bonds. The number of hydrogen-bond donors (Lipinski definition) is 3. The number of nitrogens with one attached hydrogen (secondary N) is 2. The highest BCUT2D eigenvalue weighted by atomic mass is 16.7. The molecule has 2 heterocycles. The van der Waals surface area contributed by atoms with Gasteiger partial charge in [-0.1, -0.05) is 32.3 Å². The summed E-state index contributed by atoms with van der Waals surface area (Å²) in [6.07, 6.45) is 5.22. The lowest BCUT2D eigenvalue weighted by atomic mass is 9.96. The number of fused-ring (bicyclic) bond motifs is 2. The number of aliphatic hydroxyl groups excluding tert-OH is 1. The van der Waals surface area contributed by atoms with Crippen molar-refractivity contribution >= 4 is 17.6 Å². The van der Waals surface area contributed by atoms with Crippen LogP contribution in [0.2, 0.25) is 0 Å². The molecule has 2 aliphatic heterocycles. The van der Waals surface area contributed by atoms with Crippen molar-refractivity contribution in [2.75, 3.05) is 38.9 Å². The summed E-state index contributed by atoms with van der Waals surface area (Å²) in [6.45, 7) is 5.74. The van der Waals surface area contributed by atoms with Gasteiger partial charge in [0.1, 0.15) is 11.9 Å². The summed E-state index contributed by atoms with van der Waals surface area (Å²) >= 11 is 0. The number of carbonyl (C=O) groups excluding carboxylic acids is 2. The molecule has 0 spiro atoms. The van der Waals surface area contributed by atoms with Crippen molar-refractivity contribution in [2.24, 2.45) is 5.92 Å². The largest absolute Gasteiger partial charge is 0.488 e. The summed E-state index contributed by atoms with van der Waals surface area (Å²) in [6, 6.07) is 10.7. The first-order valence-corrected chi connectivity index (χ1v) is 14.7. The standard InChI is InChI=1S/C31H42N4O6/c1-20-15-35(21(2)18-36)30(37)25-14-24(33-31(38)32-23-7-5-4-6-8-23)10-12-26(25)41-29(20)17-34(3)16-22-9-11-27-28(13-22)40-19-39-27/h9-14,20-21,23,29,36H,4-8,15-19H2,1-3H3,(H2,32,33,38)/t20-,21-,29+/m0/s1. The van der Waals surface area contributed by atoms with Crippen LogP contribution in [0.4, 0.5) is 10.5 Å². The molecule has 1 aliphatic carbocycles. The minimum atomic E-state index is -0.367. The van der Waals surface area contributed by atoms with E-state index in [2.05, 4.69) is 22.5 Å². The van der Waals surface area contributed by atoms with Gasteiger partial charge in [-0.2, -0.15) is 0 Å². The Morgan fingerprint density at radius 2 is 1.85 bits per heavy atom. The monoisotopic (exact) mass is 566 g/mol. The Kier molecular flexibility index (Phi) is 9.19. The number of nitrogens with zero attached hydrogens (tertiary/aromatic N) is 2. The topological polar surface area (TPSA) is 113 Å². The lowest BCUT2D eigenvalue weighted by Gasteiger charge is -2.38. The van der Waals surface area contributed by atoms with Crippen molar-refractivity contribution in [2.45, 2.75) is 70.7 Å². The van der Waals surface area contributed by atoms with Gasteiger partial charge in [0, 0.05) is 37.3 Å². The fourth-order valence-electron chi connectivity index (χ4n) is 5.84. The zero-order chi connectivity index (χ0) is 28.9. The fourth-order valence-corrected chi connectivity index (χ4v) is 5.84. The number of hydrogen-bond acceptors (Lipinski definition) is 7. The van der Waals surface area contributed by atoms with Crippen LogP contribution in [0.25, 0.3) is 0 Å². The van der Waals surface area contributed by atoms with Gasteiger partial charge >= 0.3 is 6.03 Å². The van der Waals surface area contributed by atoms with E-state index in [-0.39, 0.29) is 49.4 Å². The number of amides is 3. The van der Waals surface area contributed by atoms with Gasteiger partial charge in [-0.25, -0.2) is 4.79 Å². The molecule has 0 bridgehead atoms. The summed E-state index contributed by atoms with van der Waals surface area (Å²) in [5.74, 6) is 1.75. The summed E-state index contributed by atoms with van der Waals surface area (Å²) < 4.78 is 17.5. The first-order chi connectivity index (χ1) is 19.8. The Balaban J connectivity index is 1.32. The average molecular weight is 567 g/mol. The lowest BCUT2D eigenvalue weighted by molar-refractivity contribution is 0.0341. The van der Waals surface area contributed by atoms with E-state index >= 15 is 0 Å². The van der Waals surface area contributed by atoms with Crippen molar-refractivity contribution in [3.8, 4) is 17.2 Å². The number of rotatable bonds is 8. The van der Waals surface area contributed by atoms with E-state index in [0.29, 0.717) is 36.6 Å². The van der Waals surface area contributed by atoms with Crippen LogP contribution in [0.15, 0.2) is 36.4 Å². The van der Waals surface area contributed by atoms with Crippen LogP contribution in [-0.4, -0.2) is 78.6 Å². The highest BCUT2D eigenvalue weighted by Gasteiger charge is 2.33. The van der Waals surface area contributed by atoms with Gasteiger partial charge in [0.25, 0.3) is 5.91 Å². The predicted molar refractivity (Wildman–Crippen MR) is 156 cm³/mol. The molecule has 0 unspecified atom stereocenters. The first-order valence-electron chi connectivity index (χ1n) is 14.7. The van der Waals surface area contributed by atoms with Crippen LogP contribution in [0.3, 0.4) is 0 Å². The molecule has 3 N–H and O–H groups in total. The Morgan fingerprint density at radius 1 is 1.10 bits per heavy atom. The van der Waals surface area contributed by atoms with Crippen LogP contribution < -0.4 is 24.8 Å². The minimum Gasteiger partial charge on any atom is -0.488 e. The molecule has 0 radical (unpaired) electrons. The number of likely N-dealkylation sites (N-methyl/N-ethyl adjacent to an activating group) is 1. The van der Waals surface area contributed by atoms with Crippen LogP contribution in [0.5, 0.6) is 17.2 Å². The molecule has 3 atom stereocenters. The molecule has 41 heavy (non-hydrogen) atoms. The number of urea groups is 1. The van der Waals surface area contributed by atoms with Gasteiger partial charge in [-0.05, 0) is 62.7 Å². The van der Waals surface area contributed by atoms with Crippen molar-refractivity contribution < 1.29 is 28.9 Å². The number of aliphatic hydroxyl groups is 1. The fraction of sp³-hybridized carbons (Fsp3) is 0.548. The normalized spacial score (nSPS) is 21.5. The zero-order valence-electron chi connectivity index (χ0n) is 24.2. The molecule has 3 aliphatic rings. The highest BCUT2D eigenvalue weighted by Crippen LogP contribution is 2.34. The molecule has 5 rings (SSSR count). The minimum absolute atomic E-state index is 0.000577. The molecule has 222 valence electrons. The van der Waals surface area contributed by atoms with E-state index in [9.17, 15) is 14.7 Å². The van der Waals surface area contributed by atoms with E-state index in [4.69, 9.17) is 14.2 Å². The summed E-state index contributed by atoms with van der Waals surface area (Å²) in [7, 11) is 2.04. The summed E-state index contributed by atoms with van der Waals surface area (Å²) in [4.78, 5) is 30.3. The molecule has 1 fully saturated rings. The first kappa shape index (κ1) is 29.0. The molecular formula is C31H42N4O6. The Bertz CT molecular complexity index is 1230. The third-order valence-corrected chi connectivity index (χ3v) is 8.24. The molecule has 2 aromatic carbocycles. The van der Waals surface area contributed by atoms with Gasteiger partial charge in [0.2, 0.25) is 6.79 Å². The molecule has 10 nitrogen and oxygen atoms in total. The Morgan fingerprint density at radius 3 is 2.63 bits per heavy atom. The second-order valence-corrected chi connectivity index (χ2v) is 11.7. The predicted octanol–water partition coefficient (Wildman–Crippen LogP) is 4.22. The molecular weight excluding hydrogens is 524 g/mol. The van der Waals surface area contributed by atoms with Gasteiger partial charge < -0.3 is 34.9 Å². The van der Waals surface area contributed by atoms with E-state index in [1.807, 2.05) is 32.2 Å². The van der Waals surface area contributed by atoms with Crippen molar-refractivity contribution in [1.82, 2.24) is 15.1 Å². The van der Waals surface area contributed by atoms with Crippen LogP contribution in [-0.2, 0) is 6.54 Å². The number of benzene rings is 2. The summed E-state index contributed by atoms with van der Waals surface area (Å²) in [5.41, 5.74) is 2.00. The van der Waals surface area contributed by atoms with Crippen LogP contribution >= 0.6 is 0 Å². The van der Waals surface area contributed by atoms with E-state index in [1.54, 1.807) is 23.1 Å². The van der Waals surface area contributed by atoms with Gasteiger partial charge in [0.15, 0.2) is 11.5 Å². The maximum absolute atomic E-state index is 13.7. The Hall–Kier alpha value is -3.50. The zero-order valence-corrected chi connectivity index (χ0v) is 24.2. The van der Waals surface area contributed by atoms with E-state index in [1.165, 1.54) is 6.42 Å². The van der Waals surface area contributed by atoms with Crippen molar-refractivity contribution in [3.63, 3.8) is 0 Å². The quantitative estimate of drug-likeness (QED) is 0.439.